The molecule has 1 fully saturated rings. The highest BCUT2D eigenvalue weighted by molar-refractivity contribution is 6.35. The van der Waals surface area contributed by atoms with Crippen molar-refractivity contribution in [3.05, 3.63) is 5.53 Å². The summed E-state index contributed by atoms with van der Waals surface area (Å²) in [6, 6.07) is 0.0502. The Kier molecular flexibility index (Phi) is 4.07. The molecule has 1 aliphatic heterocycles. The molecule has 5 nitrogen and oxygen atoms in total. The van der Waals surface area contributed by atoms with Crippen LogP contribution in [-0.4, -0.2) is 39.7 Å². The minimum atomic E-state index is -0.636. The number of nitrogens with zero attached hydrogens (tertiary/aromatic N) is 3. The van der Waals surface area contributed by atoms with Crippen molar-refractivity contribution in [1.29, 1.82) is 0 Å². The number of rotatable bonds is 3. The molecule has 0 aromatic rings. The Morgan fingerprint density at radius 2 is 2.18 bits per heavy atom. The average molecular weight is 239 g/mol. The minimum absolute atomic E-state index is 0.0502. The predicted octanol–water partition coefficient (Wildman–Crippen LogP) is 1.69. The normalized spacial score (nSPS) is 22.7. The first-order valence-corrected chi connectivity index (χ1v) is 5.96. The van der Waals surface area contributed by atoms with Gasteiger partial charge in [0, 0.05) is 6.92 Å². The van der Waals surface area contributed by atoms with E-state index in [9.17, 15) is 4.79 Å². The van der Waals surface area contributed by atoms with Gasteiger partial charge in [-0.1, -0.05) is 13.8 Å². The summed E-state index contributed by atoms with van der Waals surface area (Å²) in [6.45, 7) is 9.98. The maximum absolute atomic E-state index is 12.1. The molecule has 1 aliphatic rings. The largest absolute Gasteiger partial charge is 0.361 e. The van der Waals surface area contributed by atoms with Crippen LogP contribution in [0.1, 0.15) is 41.0 Å². The van der Waals surface area contributed by atoms with E-state index >= 15 is 0 Å². The molecule has 0 bridgehead atoms. The van der Waals surface area contributed by atoms with Crippen LogP contribution in [0.15, 0.2) is 0 Å². The molecule has 1 heterocycles. The molecule has 0 radical (unpaired) electrons. The van der Waals surface area contributed by atoms with Gasteiger partial charge in [-0.25, -0.2) is 0 Å². The summed E-state index contributed by atoms with van der Waals surface area (Å²) in [4.78, 5) is 16.8. The van der Waals surface area contributed by atoms with Crippen LogP contribution in [0.4, 0.5) is 0 Å². The lowest BCUT2D eigenvalue weighted by molar-refractivity contribution is -0.143. The van der Waals surface area contributed by atoms with Crippen molar-refractivity contribution in [1.82, 2.24) is 4.90 Å². The van der Waals surface area contributed by atoms with Crippen molar-refractivity contribution in [2.24, 2.45) is 5.92 Å². The third-order valence-electron chi connectivity index (χ3n) is 3.00. The number of ether oxygens (including phenoxy) is 1. The quantitative estimate of drug-likeness (QED) is 0.427. The molecule has 96 valence electrons. The van der Waals surface area contributed by atoms with E-state index in [-0.39, 0.29) is 17.7 Å². The molecule has 1 amide bonds. The van der Waals surface area contributed by atoms with Crippen LogP contribution in [0, 0.1) is 5.92 Å². The maximum atomic E-state index is 12.1. The van der Waals surface area contributed by atoms with E-state index in [1.807, 2.05) is 13.8 Å². The van der Waals surface area contributed by atoms with E-state index < -0.39 is 5.72 Å². The lowest BCUT2D eigenvalue weighted by atomic mass is 10.0. The Morgan fingerprint density at radius 3 is 2.65 bits per heavy atom. The highest BCUT2D eigenvalue weighted by Crippen LogP contribution is 2.30. The van der Waals surface area contributed by atoms with Gasteiger partial charge >= 0.3 is 11.6 Å². The third kappa shape index (κ3) is 2.93. The van der Waals surface area contributed by atoms with Crippen LogP contribution in [0.2, 0.25) is 0 Å². The van der Waals surface area contributed by atoms with E-state index in [0.717, 1.165) is 6.42 Å². The van der Waals surface area contributed by atoms with Crippen molar-refractivity contribution in [2.45, 2.75) is 52.8 Å². The molecule has 1 atom stereocenters. The van der Waals surface area contributed by atoms with E-state index in [0.29, 0.717) is 12.5 Å². The zero-order chi connectivity index (χ0) is 13.2. The third-order valence-corrected chi connectivity index (χ3v) is 3.00. The first-order chi connectivity index (χ1) is 7.79. The summed E-state index contributed by atoms with van der Waals surface area (Å²) >= 11 is 0. The first kappa shape index (κ1) is 13.9. The van der Waals surface area contributed by atoms with Gasteiger partial charge in [-0.3, -0.25) is 9.69 Å². The SMILES string of the molecule is CC(=[N+]=[N-])C(=O)N1[C@@H](CC(C)C)COC1(C)C. The summed E-state index contributed by atoms with van der Waals surface area (Å²) in [6.07, 6.45) is 0.883. The lowest BCUT2D eigenvalue weighted by Crippen LogP contribution is -2.50. The number of amides is 1. The van der Waals surface area contributed by atoms with E-state index in [1.165, 1.54) is 6.92 Å². The summed E-state index contributed by atoms with van der Waals surface area (Å²) in [5.41, 5.74) is 8.16. The molecule has 0 aromatic heterocycles. The average Bonchev–Trinajstić information content (AvgIpc) is 2.51. The van der Waals surface area contributed by atoms with Crippen molar-refractivity contribution in [2.75, 3.05) is 6.61 Å². The Bertz CT molecular complexity index is 357. The molecular weight excluding hydrogens is 218 g/mol. The monoisotopic (exact) mass is 239 g/mol. The fraction of sp³-hybridized carbons (Fsp3) is 0.833. The molecule has 0 N–H and O–H groups in total. The highest BCUT2D eigenvalue weighted by Gasteiger charge is 2.46. The minimum Gasteiger partial charge on any atom is -0.361 e. The molecule has 0 aliphatic carbocycles. The van der Waals surface area contributed by atoms with Crippen molar-refractivity contribution in [3.8, 4) is 0 Å². The van der Waals surface area contributed by atoms with Crippen LogP contribution in [-0.2, 0) is 9.53 Å². The van der Waals surface area contributed by atoms with Gasteiger partial charge in [-0.15, -0.1) is 0 Å². The number of carbonyl (C=O) groups is 1. The summed E-state index contributed by atoms with van der Waals surface area (Å²) in [5, 5.41) is 0. The Morgan fingerprint density at radius 1 is 1.59 bits per heavy atom. The molecule has 0 spiro atoms. The zero-order valence-electron chi connectivity index (χ0n) is 11.2. The summed E-state index contributed by atoms with van der Waals surface area (Å²) < 4.78 is 5.65. The molecule has 0 saturated carbocycles. The second-order valence-corrected chi connectivity index (χ2v) is 5.40. The molecule has 1 saturated heterocycles. The van der Waals surface area contributed by atoms with Gasteiger partial charge in [0.25, 0.3) is 0 Å². The number of carbonyl (C=O) groups excluding carboxylic acids is 1. The van der Waals surface area contributed by atoms with Crippen LogP contribution < -0.4 is 0 Å². The van der Waals surface area contributed by atoms with Gasteiger partial charge in [-0.05, 0) is 26.2 Å². The van der Waals surface area contributed by atoms with Gasteiger partial charge in [0.05, 0.1) is 12.6 Å². The Labute approximate surface area is 102 Å². The fourth-order valence-electron chi connectivity index (χ4n) is 2.23. The van der Waals surface area contributed by atoms with Crippen LogP contribution in [0.3, 0.4) is 0 Å². The topological polar surface area (TPSA) is 65.9 Å². The predicted molar refractivity (Wildman–Crippen MR) is 64.4 cm³/mol. The van der Waals surface area contributed by atoms with Gasteiger partial charge in [-0.2, -0.15) is 4.79 Å². The molecular formula is C12H21N3O2. The molecule has 5 heteroatoms. The molecule has 0 aromatic carbocycles. The fourth-order valence-corrected chi connectivity index (χ4v) is 2.23. The number of hydrogen-bond acceptors (Lipinski definition) is 2. The highest BCUT2D eigenvalue weighted by atomic mass is 16.5. The molecule has 0 unspecified atom stereocenters. The first-order valence-electron chi connectivity index (χ1n) is 5.96. The maximum Gasteiger partial charge on any atom is 0.353 e. The van der Waals surface area contributed by atoms with E-state index in [2.05, 4.69) is 18.6 Å². The Hall–Kier alpha value is -1.19. The second kappa shape index (κ2) is 4.98. The standard InChI is InChI=1S/C12H21N3O2/c1-8(2)6-10-7-17-12(4,5)15(10)11(16)9(3)14-13/h8,10H,6-7H2,1-5H3/t10-/m0/s1. The van der Waals surface area contributed by atoms with Gasteiger partial charge in [0.2, 0.25) is 0 Å². The van der Waals surface area contributed by atoms with E-state index in [4.69, 9.17) is 10.3 Å². The number of hydrogen-bond donors (Lipinski definition) is 0. The molecule has 17 heavy (non-hydrogen) atoms. The lowest BCUT2D eigenvalue weighted by Gasteiger charge is -2.32. The van der Waals surface area contributed by atoms with E-state index in [1.54, 1.807) is 4.90 Å². The van der Waals surface area contributed by atoms with Gasteiger partial charge < -0.3 is 10.3 Å². The van der Waals surface area contributed by atoms with Crippen molar-refractivity contribution >= 4 is 11.6 Å². The van der Waals surface area contributed by atoms with Crippen LogP contribution in [0.25, 0.3) is 5.53 Å². The molecule has 1 rings (SSSR count). The Balaban J connectivity index is 2.96. The van der Waals surface area contributed by atoms with Crippen molar-refractivity contribution < 1.29 is 14.3 Å². The summed E-state index contributed by atoms with van der Waals surface area (Å²) in [7, 11) is 0. The van der Waals surface area contributed by atoms with Gasteiger partial charge in [0.1, 0.15) is 5.72 Å². The van der Waals surface area contributed by atoms with Crippen LogP contribution >= 0.6 is 0 Å². The van der Waals surface area contributed by atoms with Gasteiger partial charge in [0.15, 0.2) is 0 Å². The summed E-state index contributed by atoms with van der Waals surface area (Å²) in [5.74, 6) is 0.222. The van der Waals surface area contributed by atoms with Crippen LogP contribution in [0.5, 0.6) is 0 Å². The van der Waals surface area contributed by atoms with Crippen molar-refractivity contribution in [3.63, 3.8) is 0 Å². The second-order valence-electron chi connectivity index (χ2n) is 5.40. The zero-order valence-corrected chi connectivity index (χ0v) is 11.2. The smallest absolute Gasteiger partial charge is 0.353 e.